The number of alkyl halides is 2. The van der Waals surface area contributed by atoms with Gasteiger partial charge in [0.25, 0.3) is 0 Å². The molecule has 0 N–H and O–H groups in total. The largest absolute Gasteiger partial charge is 0.457 e. The maximum absolute atomic E-state index is 14.2. The number of hydrogen-bond donors (Lipinski definition) is 0. The van der Waals surface area contributed by atoms with Gasteiger partial charge in [-0.2, -0.15) is 0 Å². The van der Waals surface area contributed by atoms with Gasteiger partial charge in [-0.3, -0.25) is 9.59 Å². The smallest absolute Gasteiger partial charge is 0.338 e. The SMILES string of the molecule is O=C(OCc1ccc(Cl)c(Cl)c1)c1cccc(N2C(=O)[C@H]3[C@H](C2=O)C2(Cl)c4ccccc4C3(Cl)c3ccccc32)c1. The second-order valence-corrected chi connectivity index (χ2v) is 12.4. The zero-order chi connectivity index (χ0) is 28.7. The molecule has 0 spiro atoms. The standard InChI is InChI=1S/C32H19Cl4NO4/c33-24-13-12-17(14-25(24)34)16-41-30(40)18-6-5-7-19(15-18)37-28(38)26-27(29(37)39)32(36)21-9-2-1-8-20(21)31(26,35)22-10-3-4-11-23(22)32/h1-15,26-27H,16H2/t26-,27-,31?,32?/m1/s1. The van der Waals surface area contributed by atoms with E-state index in [0.29, 0.717) is 15.6 Å². The van der Waals surface area contributed by atoms with Gasteiger partial charge in [-0.15, -0.1) is 23.2 Å². The Balaban J connectivity index is 1.25. The molecule has 2 atom stereocenters. The quantitative estimate of drug-likeness (QED) is 0.135. The van der Waals surface area contributed by atoms with Gasteiger partial charge in [0.2, 0.25) is 11.8 Å². The highest BCUT2D eigenvalue weighted by Crippen LogP contribution is 2.69. The van der Waals surface area contributed by atoms with Crippen molar-refractivity contribution in [3.8, 4) is 0 Å². The first-order chi connectivity index (χ1) is 19.7. The number of nitrogens with zero attached hydrogens (tertiary/aromatic N) is 1. The van der Waals surface area contributed by atoms with Gasteiger partial charge in [0.1, 0.15) is 16.4 Å². The van der Waals surface area contributed by atoms with Crippen molar-refractivity contribution < 1.29 is 19.1 Å². The second kappa shape index (κ2) is 9.33. The summed E-state index contributed by atoms with van der Waals surface area (Å²) in [6, 6.07) is 26.1. The lowest BCUT2D eigenvalue weighted by atomic mass is 9.54. The van der Waals surface area contributed by atoms with Crippen molar-refractivity contribution in [2.45, 2.75) is 16.4 Å². The van der Waals surface area contributed by atoms with Crippen LogP contribution in [-0.4, -0.2) is 17.8 Å². The molecule has 0 unspecified atom stereocenters. The van der Waals surface area contributed by atoms with Gasteiger partial charge >= 0.3 is 5.97 Å². The minimum absolute atomic E-state index is 0.0360. The van der Waals surface area contributed by atoms with Crippen LogP contribution in [-0.2, 0) is 30.7 Å². The lowest BCUT2D eigenvalue weighted by Gasteiger charge is -2.54. The zero-order valence-electron chi connectivity index (χ0n) is 21.1. The molecule has 4 aromatic rings. The van der Waals surface area contributed by atoms with Gasteiger partial charge in [0, 0.05) is 0 Å². The van der Waals surface area contributed by atoms with E-state index >= 15 is 0 Å². The maximum Gasteiger partial charge on any atom is 0.338 e. The Morgan fingerprint density at radius 3 is 1.76 bits per heavy atom. The zero-order valence-corrected chi connectivity index (χ0v) is 24.1. The molecule has 9 heteroatoms. The van der Waals surface area contributed by atoms with Gasteiger partial charge in [-0.25, -0.2) is 9.69 Å². The molecule has 1 aliphatic heterocycles. The molecule has 3 aliphatic carbocycles. The van der Waals surface area contributed by atoms with Crippen LogP contribution in [0.4, 0.5) is 5.69 Å². The highest BCUT2D eigenvalue weighted by Gasteiger charge is 2.73. The first-order valence-electron chi connectivity index (χ1n) is 12.8. The van der Waals surface area contributed by atoms with Crippen LogP contribution in [0.5, 0.6) is 0 Å². The number of halogens is 4. The van der Waals surface area contributed by atoms with Crippen molar-refractivity contribution in [2.24, 2.45) is 11.8 Å². The Morgan fingerprint density at radius 2 is 1.24 bits per heavy atom. The van der Waals surface area contributed by atoms with Crippen molar-refractivity contribution in [2.75, 3.05) is 4.90 Å². The molecule has 4 aromatic carbocycles. The van der Waals surface area contributed by atoms with Crippen LogP contribution in [0.1, 0.15) is 38.2 Å². The molecule has 5 nitrogen and oxygen atoms in total. The van der Waals surface area contributed by atoms with Gasteiger partial charge in [0.15, 0.2) is 0 Å². The highest BCUT2D eigenvalue weighted by atomic mass is 35.5. The van der Waals surface area contributed by atoms with E-state index in [2.05, 4.69) is 0 Å². The molecule has 2 bridgehead atoms. The minimum atomic E-state index is -1.29. The number of hydrogen-bond acceptors (Lipinski definition) is 4. The fourth-order valence-electron chi connectivity index (χ4n) is 6.56. The fourth-order valence-corrected chi connectivity index (χ4v) is 7.97. The number of anilines is 1. The molecule has 204 valence electrons. The molecular weight excluding hydrogens is 604 g/mol. The van der Waals surface area contributed by atoms with E-state index in [9.17, 15) is 14.4 Å². The maximum atomic E-state index is 14.2. The van der Waals surface area contributed by atoms with E-state index in [4.69, 9.17) is 51.1 Å². The van der Waals surface area contributed by atoms with Gasteiger partial charge < -0.3 is 4.74 Å². The summed E-state index contributed by atoms with van der Waals surface area (Å²) in [6.45, 7) is -0.0360. The molecule has 0 radical (unpaired) electrons. The fraction of sp³-hybridized carbons (Fsp3) is 0.156. The average Bonchev–Trinajstić information content (AvgIpc) is 3.27. The summed E-state index contributed by atoms with van der Waals surface area (Å²) in [4.78, 5) is 39.9. The summed E-state index contributed by atoms with van der Waals surface area (Å²) in [5, 5.41) is 0.745. The molecule has 41 heavy (non-hydrogen) atoms. The van der Waals surface area contributed by atoms with E-state index in [1.54, 1.807) is 36.4 Å². The lowest BCUT2D eigenvalue weighted by molar-refractivity contribution is -0.122. The Bertz CT molecular complexity index is 1680. The number of amides is 2. The molecule has 4 aliphatic rings. The first kappa shape index (κ1) is 26.5. The summed E-state index contributed by atoms with van der Waals surface area (Å²) >= 11 is 27.0. The molecule has 2 amide bonds. The van der Waals surface area contributed by atoms with Gasteiger partial charge in [0.05, 0.1) is 33.1 Å². The summed E-state index contributed by atoms with van der Waals surface area (Å²) < 4.78 is 5.46. The number of ether oxygens (including phenoxy) is 1. The van der Waals surface area contributed by atoms with Crippen molar-refractivity contribution in [1.29, 1.82) is 0 Å². The lowest BCUT2D eigenvalue weighted by Crippen LogP contribution is -2.57. The third-order valence-electron chi connectivity index (χ3n) is 8.28. The van der Waals surface area contributed by atoms with E-state index < -0.39 is 39.4 Å². The van der Waals surface area contributed by atoms with Crippen molar-refractivity contribution >= 4 is 69.9 Å². The number of carbonyl (C=O) groups excluding carboxylic acids is 3. The monoisotopic (exact) mass is 621 g/mol. The second-order valence-electron chi connectivity index (χ2n) is 10.4. The number of rotatable bonds is 4. The van der Waals surface area contributed by atoms with Gasteiger partial charge in [-0.1, -0.05) is 83.9 Å². The molecule has 1 saturated heterocycles. The number of carbonyl (C=O) groups is 3. The summed E-state index contributed by atoms with van der Waals surface area (Å²) in [5.41, 5.74) is 3.96. The number of imide groups is 1. The van der Waals surface area contributed by atoms with E-state index in [0.717, 1.165) is 27.2 Å². The molecule has 0 aromatic heterocycles. The minimum Gasteiger partial charge on any atom is -0.457 e. The Kier molecular flexibility index (Phi) is 6.04. The van der Waals surface area contributed by atoms with Crippen LogP contribution >= 0.6 is 46.4 Å². The Labute approximate surface area is 255 Å². The average molecular weight is 623 g/mol. The van der Waals surface area contributed by atoms with E-state index in [1.807, 2.05) is 48.5 Å². The van der Waals surface area contributed by atoms with Crippen LogP contribution in [0.25, 0.3) is 0 Å². The summed E-state index contributed by atoms with van der Waals surface area (Å²) in [5.74, 6) is -3.44. The van der Waals surface area contributed by atoms with Gasteiger partial charge in [-0.05, 0) is 58.1 Å². The van der Waals surface area contributed by atoms with Crippen molar-refractivity contribution in [3.05, 3.63) is 134 Å². The third kappa shape index (κ3) is 3.59. The van der Waals surface area contributed by atoms with Crippen molar-refractivity contribution in [1.82, 2.24) is 0 Å². The van der Waals surface area contributed by atoms with Crippen LogP contribution in [0, 0.1) is 11.8 Å². The predicted octanol–water partition coefficient (Wildman–Crippen LogP) is 7.45. The van der Waals surface area contributed by atoms with Crippen LogP contribution < -0.4 is 4.90 Å². The van der Waals surface area contributed by atoms with Crippen LogP contribution in [0.2, 0.25) is 10.0 Å². The van der Waals surface area contributed by atoms with Crippen molar-refractivity contribution in [3.63, 3.8) is 0 Å². The normalized spacial score (nSPS) is 25.5. The van der Waals surface area contributed by atoms with Crippen LogP contribution in [0.3, 0.4) is 0 Å². The Hall–Kier alpha value is -3.35. The number of esters is 1. The highest BCUT2D eigenvalue weighted by molar-refractivity contribution is 6.42. The van der Waals surface area contributed by atoms with E-state index in [1.165, 1.54) is 6.07 Å². The molecule has 1 heterocycles. The third-order valence-corrected chi connectivity index (χ3v) is 10.3. The number of benzene rings is 4. The summed E-state index contributed by atoms with van der Waals surface area (Å²) in [7, 11) is 0. The predicted molar refractivity (Wildman–Crippen MR) is 158 cm³/mol. The topological polar surface area (TPSA) is 63.7 Å². The Morgan fingerprint density at radius 1 is 0.707 bits per heavy atom. The molecule has 1 fully saturated rings. The van der Waals surface area contributed by atoms with Crippen LogP contribution in [0.15, 0.2) is 91.0 Å². The molecule has 0 saturated carbocycles. The molecule has 8 rings (SSSR count). The molecular formula is C32H19Cl4NO4. The summed E-state index contributed by atoms with van der Waals surface area (Å²) in [6.07, 6.45) is 0. The first-order valence-corrected chi connectivity index (χ1v) is 14.3. The van der Waals surface area contributed by atoms with E-state index in [-0.39, 0.29) is 17.9 Å².